The van der Waals surface area contributed by atoms with Gasteiger partial charge in [-0.3, -0.25) is 0 Å². The number of hydrogen-bond acceptors (Lipinski definition) is 0. The van der Waals surface area contributed by atoms with Crippen LogP contribution in [0.15, 0.2) is 0 Å². The Bertz CT molecular complexity index is 355. The first-order valence-corrected chi connectivity index (χ1v) is 9.25. The molecule has 0 heterocycles. The topological polar surface area (TPSA) is 0 Å². The predicted octanol–water partition coefficient (Wildman–Crippen LogP) is 6.62. The van der Waals surface area contributed by atoms with Crippen molar-refractivity contribution in [2.24, 2.45) is 17.8 Å². The summed E-state index contributed by atoms with van der Waals surface area (Å²) < 4.78 is 77.4. The maximum absolute atomic E-state index is 13.7. The fourth-order valence-electron chi connectivity index (χ4n) is 3.81. The molecule has 3 unspecified atom stereocenters. The van der Waals surface area contributed by atoms with Crippen molar-refractivity contribution in [1.29, 1.82) is 0 Å². The molecule has 2 saturated carbocycles. The van der Waals surface area contributed by atoms with Crippen molar-refractivity contribution in [2.75, 3.05) is 0 Å². The minimum Gasteiger partial charge on any atom is -0.246 e. The summed E-state index contributed by atoms with van der Waals surface area (Å²) in [7, 11) is -9.69. The quantitative estimate of drug-likeness (QED) is 0.501. The Kier molecular flexibility index (Phi) is 3.64. The Morgan fingerprint density at radius 3 is 1.70 bits per heavy atom. The molecule has 0 amide bonds. The largest absolute Gasteiger partial charge is 0.290 e. The molecule has 0 aliphatic heterocycles. The zero-order valence-corrected chi connectivity index (χ0v) is 12.3. The molecule has 122 valence electrons. The molecule has 0 radical (unpaired) electrons. The Labute approximate surface area is 116 Å². The van der Waals surface area contributed by atoms with Gasteiger partial charge in [0.1, 0.15) is 11.4 Å². The van der Waals surface area contributed by atoms with Crippen LogP contribution in [0, 0.1) is 17.8 Å². The Morgan fingerprint density at radius 1 is 0.750 bits per heavy atom. The van der Waals surface area contributed by atoms with E-state index >= 15 is 0 Å². The summed E-state index contributed by atoms with van der Waals surface area (Å²) in [4.78, 5) is 0. The molecule has 20 heavy (non-hydrogen) atoms. The molecule has 0 bridgehead atoms. The number of hydrogen-bond donors (Lipinski definition) is 0. The SMILES string of the molecule is CC1CCC(C2CCC(S(F)(F)(F)(F)F)C(F)C2)CC1. The van der Waals surface area contributed by atoms with Gasteiger partial charge < -0.3 is 0 Å². The van der Waals surface area contributed by atoms with Crippen LogP contribution >= 0.6 is 10.2 Å². The molecule has 2 fully saturated rings. The third kappa shape index (κ3) is 3.77. The molecule has 2 aliphatic rings. The van der Waals surface area contributed by atoms with Gasteiger partial charge in [0, 0.05) is 0 Å². The molecule has 2 rings (SSSR count). The van der Waals surface area contributed by atoms with Gasteiger partial charge in [0.15, 0.2) is 0 Å². The molecular formula is C13H22F6S. The van der Waals surface area contributed by atoms with Crippen LogP contribution < -0.4 is 0 Å². The fourth-order valence-corrected chi connectivity index (χ4v) is 5.06. The second-order valence-corrected chi connectivity index (χ2v) is 9.34. The Morgan fingerprint density at radius 2 is 1.25 bits per heavy atom. The zero-order valence-electron chi connectivity index (χ0n) is 11.5. The van der Waals surface area contributed by atoms with Gasteiger partial charge in [-0.05, 0) is 49.9 Å². The van der Waals surface area contributed by atoms with Crippen LogP contribution in [0.2, 0.25) is 0 Å². The van der Waals surface area contributed by atoms with E-state index in [2.05, 4.69) is 6.92 Å². The third-order valence-electron chi connectivity index (χ3n) is 5.05. The van der Waals surface area contributed by atoms with Crippen LogP contribution in [-0.4, -0.2) is 11.4 Å². The highest BCUT2D eigenvalue weighted by Gasteiger charge is 2.72. The summed E-state index contributed by atoms with van der Waals surface area (Å²) in [6.07, 6.45) is 0.316. The van der Waals surface area contributed by atoms with E-state index in [1.807, 2.05) is 0 Å². The maximum Gasteiger partial charge on any atom is 0.290 e. The molecule has 0 N–H and O–H groups in total. The van der Waals surface area contributed by atoms with E-state index in [4.69, 9.17) is 0 Å². The van der Waals surface area contributed by atoms with E-state index in [1.54, 1.807) is 0 Å². The highest BCUT2D eigenvalue weighted by atomic mass is 32.5. The lowest BCUT2D eigenvalue weighted by Crippen LogP contribution is -2.41. The summed E-state index contributed by atoms with van der Waals surface area (Å²) in [6, 6.07) is 0. The van der Waals surface area contributed by atoms with E-state index < -0.39 is 28.1 Å². The Balaban J connectivity index is 2.00. The summed E-state index contributed by atoms with van der Waals surface area (Å²) >= 11 is 0. The smallest absolute Gasteiger partial charge is 0.246 e. The second-order valence-electron chi connectivity index (χ2n) is 6.68. The Hall–Kier alpha value is -0.0700. The minimum atomic E-state index is -9.69. The molecular weight excluding hydrogens is 302 g/mol. The van der Waals surface area contributed by atoms with Crippen LogP contribution in [0.25, 0.3) is 0 Å². The zero-order chi connectivity index (χ0) is 15.2. The molecule has 3 atom stereocenters. The average Bonchev–Trinajstić information content (AvgIpc) is 2.26. The van der Waals surface area contributed by atoms with E-state index in [1.165, 1.54) is 0 Å². The molecule has 0 saturated heterocycles. The van der Waals surface area contributed by atoms with Gasteiger partial charge in [-0.1, -0.05) is 39.2 Å². The van der Waals surface area contributed by atoms with Crippen molar-refractivity contribution >= 4 is 10.2 Å². The molecule has 0 aromatic rings. The van der Waals surface area contributed by atoms with Crippen molar-refractivity contribution in [3.8, 4) is 0 Å². The molecule has 0 aromatic heterocycles. The van der Waals surface area contributed by atoms with Gasteiger partial charge in [0.05, 0.1) is 0 Å². The third-order valence-corrected chi connectivity index (χ3v) is 6.73. The van der Waals surface area contributed by atoms with Crippen LogP contribution in [0.3, 0.4) is 0 Å². The van der Waals surface area contributed by atoms with Crippen LogP contribution in [0.1, 0.15) is 51.9 Å². The molecule has 0 aromatic carbocycles. The first kappa shape index (κ1) is 16.3. The summed E-state index contributed by atoms with van der Waals surface area (Å²) in [5.41, 5.74) is 0. The predicted molar refractivity (Wildman–Crippen MR) is 70.3 cm³/mol. The lowest BCUT2D eigenvalue weighted by atomic mass is 9.71. The normalized spacial score (nSPS) is 43.6. The van der Waals surface area contributed by atoms with Crippen molar-refractivity contribution in [3.63, 3.8) is 0 Å². The maximum atomic E-state index is 13.7. The summed E-state index contributed by atoms with van der Waals surface area (Å²) in [5.74, 6) is 0.658. The minimum absolute atomic E-state index is 0.0791. The van der Waals surface area contributed by atoms with Crippen LogP contribution in [0.5, 0.6) is 0 Å². The van der Waals surface area contributed by atoms with Crippen LogP contribution in [-0.2, 0) is 0 Å². The van der Waals surface area contributed by atoms with Crippen molar-refractivity contribution < 1.29 is 23.8 Å². The summed E-state index contributed by atoms with van der Waals surface area (Å²) in [5, 5.41) is -3.03. The van der Waals surface area contributed by atoms with Gasteiger partial charge in [-0.15, -0.1) is 0 Å². The lowest BCUT2D eigenvalue weighted by Gasteiger charge is -2.51. The van der Waals surface area contributed by atoms with E-state index in [-0.39, 0.29) is 24.7 Å². The molecule has 0 spiro atoms. The number of rotatable bonds is 2. The highest BCUT2D eigenvalue weighted by Crippen LogP contribution is 3.01. The van der Waals surface area contributed by atoms with Crippen molar-refractivity contribution in [2.45, 2.75) is 63.3 Å². The number of alkyl halides is 1. The van der Waals surface area contributed by atoms with Gasteiger partial charge in [0.2, 0.25) is 0 Å². The number of halogens is 6. The van der Waals surface area contributed by atoms with Gasteiger partial charge >= 0.3 is 0 Å². The van der Waals surface area contributed by atoms with Gasteiger partial charge in [-0.2, -0.15) is 0 Å². The van der Waals surface area contributed by atoms with Crippen molar-refractivity contribution in [1.82, 2.24) is 0 Å². The monoisotopic (exact) mass is 324 g/mol. The standard InChI is InChI=1S/C13H22F6S/c1-9-2-4-10(5-3-9)11-6-7-13(12(14)8-11)20(15,16,17,18)19/h9-13H,2-8H2,1H3. The summed E-state index contributed by atoms with van der Waals surface area (Å²) in [6.45, 7) is 2.12. The second kappa shape index (κ2) is 4.46. The van der Waals surface area contributed by atoms with E-state index in [0.29, 0.717) is 5.92 Å². The molecule has 7 heteroatoms. The van der Waals surface area contributed by atoms with E-state index in [0.717, 1.165) is 25.7 Å². The highest BCUT2D eigenvalue weighted by molar-refractivity contribution is 8.46. The van der Waals surface area contributed by atoms with Crippen LogP contribution in [0.4, 0.5) is 23.8 Å². The van der Waals surface area contributed by atoms with Crippen molar-refractivity contribution in [3.05, 3.63) is 0 Å². The average molecular weight is 324 g/mol. The first-order valence-electron chi connectivity index (χ1n) is 7.24. The first-order chi connectivity index (χ1) is 8.86. The lowest BCUT2D eigenvalue weighted by molar-refractivity contribution is 0.111. The van der Waals surface area contributed by atoms with E-state index in [9.17, 15) is 23.8 Å². The van der Waals surface area contributed by atoms with Gasteiger partial charge in [-0.25, -0.2) is 4.39 Å². The van der Waals surface area contributed by atoms with Gasteiger partial charge in [0.25, 0.3) is 10.2 Å². The fraction of sp³-hybridized carbons (Fsp3) is 1.00. The molecule has 0 nitrogen and oxygen atoms in total. The molecule has 2 aliphatic carbocycles.